The summed E-state index contributed by atoms with van der Waals surface area (Å²) in [5, 5.41) is 0.663. The molecule has 0 radical (unpaired) electrons. The molecule has 0 bridgehead atoms. The number of ketones is 1. The first-order chi connectivity index (χ1) is 14.6. The van der Waals surface area contributed by atoms with Crippen molar-refractivity contribution < 1.29 is 18.0 Å². The molecule has 0 spiro atoms. The number of hydrogen-bond donors (Lipinski definition) is 0. The Morgan fingerprint density at radius 1 is 1.06 bits per heavy atom. The van der Waals surface area contributed by atoms with Crippen molar-refractivity contribution in [2.75, 3.05) is 48.2 Å². The molecule has 9 heteroatoms. The van der Waals surface area contributed by atoms with E-state index in [2.05, 4.69) is 4.90 Å². The molecule has 2 aromatic rings. The lowest BCUT2D eigenvalue weighted by Gasteiger charge is -2.37. The van der Waals surface area contributed by atoms with Gasteiger partial charge in [-0.2, -0.15) is 0 Å². The molecule has 1 amide bonds. The summed E-state index contributed by atoms with van der Waals surface area (Å²) in [6.07, 6.45) is 1.06. The highest BCUT2D eigenvalue weighted by molar-refractivity contribution is 7.92. The van der Waals surface area contributed by atoms with Crippen molar-refractivity contribution in [1.29, 1.82) is 0 Å². The lowest BCUT2D eigenvalue weighted by Crippen LogP contribution is -2.52. The molecule has 166 valence electrons. The van der Waals surface area contributed by atoms with E-state index >= 15 is 0 Å². The molecule has 0 aromatic heterocycles. The van der Waals surface area contributed by atoms with Crippen LogP contribution in [0.5, 0.6) is 0 Å². The third-order valence-electron chi connectivity index (χ3n) is 5.36. The average Bonchev–Trinajstić information content (AvgIpc) is 2.73. The highest BCUT2D eigenvalue weighted by atomic mass is 35.5. The van der Waals surface area contributed by atoms with Crippen LogP contribution in [0.1, 0.15) is 22.8 Å². The number of benzene rings is 2. The number of halogens is 1. The fourth-order valence-electron chi connectivity index (χ4n) is 3.62. The largest absolute Gasteiger partial charge is 0.368 e. The molecule has 2 aromatic carbocycles. The van der Waals surface area contributed by atoms with E-state index in [1.54, 1.807) is 23.1 Å². The summed E-state index contributed by atoms with van der Waals surface area (Å²) in [4.78, 5) is 28.4. The summed E-state index contributed by atoms with van der Waals surface area (Å²) < 4.78 is 25.8. The standard InChI is InChI=1S/C22H26ClN3O4S/c1-16-7-8-19(23)14-21(16)24-9-11-25(12-10-24)22(28)15-26(31(3,29)30)20-6-4-5-18(13-20)17(2)27/h4-8,13-14H,9-12,15H2,1-3H3. The Balaban J connectivity index is 1.71. The van der Waals surface area contributed by atoms with E-state index < -0.39 is 10.0 Å². The predicted molar refractivity (Wildman–Crippen MR) is 124 cm³/mol. The van der Waals surface area contributed by atoms with Crippen LogP contribution in [0.25, 0.3) is 0 Å². The third kappa shape index (κ3) is 5.57. The number of amides is 1. The Morgan fingerprint density at radius 3 is 2.35 bits per heavy atom. The van der Waals surface area contributed by atoms with Crippen LogP contribution in [0, 0.1) is 6.92 Å². The molecule has 0 atom stereocenters. The average molecular weight is 464 g/mol. The van der Waals surface area contributed by atoms with Gasteiger partial charge < -0.3 is 9.80 Å². The number of carbonyl (C=O) groups excluding carboxylic acids is 2. The molecule has 0 unspecified atom stereocenters. The topological polar surface area (TPSA) is 78.0 Å². The van der Waals surface area contributed by atoms with E-state index in [1.807, 2.05) is 25.1 Å². The van der Waals surface area contributed by atoms with Crippen LogP contribution >= 0.6 is 11.6 Å². The molecule has 0 aliphatic carbocycles. The van der Waals surface area contributed by atoms with Crippen LogP contribution in [0.3, 0.4) is 0 Å². The van der Waals surface area contributed by atoms with Crippen LogP contribution in [-0.2, 0) is 14.8 Å². The van der Waals surface area contributed by atoms with E-state index in [-0.39, 0.29) is 18.2 Å². The molecule has 7 nitrogen and oxygen atoms in total. The molecule has 1 aliphatic rings. The van der Waals surface area contributed by atoms with Crippen LogP contribution in [0.2, 0.25) is 5.02 Å². The maximum atomic E-state index is 12.9. The van der Waals surface area contributed by atoms with Gasteiger partial charge in [0.25, 0.3) is 0 Å². The van der Waals surface area contributed by atoms with Crippen LogP contribution in [0.4, 0.5) is 11.4 Å². The second-order valence-corrected chi connectivity index (χ2v) is 10.0. The number of Topliss-reactive ketones (excluding diaryl/α,β-unsaturated/α-hetero) is 1. The smallest absolute Gasteiger partial charge is 0.243 e. The zero-order chi connectivity index (χ0) is 22.8. The van der Waals surface area contributed by atoms with Crippen LogP contribution in [-0.4, -0.2) is 64.0 Å². The van der Waals surface area contributed by atoms with Crippen molar-refractivity contribution in [3.8, 4) is 0 Å². The first-order valence-electron chi connectivity index (χ1n) is 9.94. The number of aryl methyl sites for hydroxylation is 1. The zero-order valence-electron chi connectivity index (χ0n) is 17.8. The number of hydrogen-bond acceptors (Lipinski definition) is 5. The monoisotopic (exact) mass is 463 g/mol. The molecule has 31 heavy (non-hydrogen) atoms. The van der Waals surface area contributed by atoms with E-state index in [1.165, 1.54) is 13.0 Å². The van der Waals surface area contributed by atoms with Gasteiger partial charge in [-0.15, -0.1) is 0 Å². The van der Waals surface area contributed by atoms with Crippen molar-refractivity contribution in [1.82, 2.24) is 4.90 Å². The Morgan fingerprint density at radius 2 is 1.74 bits per heavy atom. The number of piperazine rings is 1. The van der Waals surface area contributed by atoms with E-state index in [0.717, 1.165) is 21.8 Å². The van der Waals surface area contributed by atoms with E-state index in [4.69, 9.17) is 11.6 Å². The summed E-state index contributed by atoms with van der Waals surface area (Å²) in [5.41, 5.74) is 2.84. The van der Waals surface area contributed by atoms with Gasteiger partial charge in [0.05, 0.1) is 11.9 Å². The molecule has 3 rings (SSSR count). The molecule has 0 saturated carbocycles. The minimum atomic E-state index is -3.71. The molecule has 1 aliphatic heterocycles. The van der Waals surface area contributed by atoms with Crippen molar-refractivity contribution in [3.63, 3.8) is 0 Å². The Bertz CT molecular complexity index is 1100. The summed E-state index contributed by atoms with van der Waals surface area (Å²) in [5.74, 6) is -0.449. The second kappa shape index (κ2) is 9.28. The molecule has 1 fully saturated rings. The van der Waals surface area contributed by atoms with Gasteiger partial charge in [-0.25, -0.2) is 8.42 Å². The van der Waals surface area contributed by atoms with Gasteiger partial charge in [-0.3, -0.25) is 13.9 Å². The van der Waals surface area contributed by atoms with Crippen molar-refractivity contribution in [3.05, 3.63) is 58.6 Å². The molecular weight excluding hydrogens is 438 g/mol. The summed E-state index contributed by atoms with van der Waals surface area (Å²) in [7, 11) is -3.71. The number of sulfonamides is 1. The third-order valence-corrected chi connectivity index (χ3v) is 6.74. The Hall–Kier alpha value is -2.58. The lowest BCUT2D eigenvalue weighted by molar-refractivity contribution is -0.129. The predicted octanol–water partition coefficient (Wildman–Crippen LogP) is 2.97. The van der Waals surface area contributed by atoms with Crippen molar-refractivity contribution in [2.24, 2.45) is 0 Å². The molecule has 0 N–H and O–H groups in total. The van der Waals surface area contributed by atoms with E-state index in [0.29, 0.717) is 42.5 Å². The first-order valence-corrected chi connectivity index (χ1v) is 12.2. The fraction of sp³-hybridized carbons (Fsp3) is 0.364. The van der Waals surface area contributed by atoms with Crippen LogP contribution < -0.4 is 9.21 Å². The fourth-order valence-corrected chi connectivity index (χ4v) is 4.63. The first kappa shape index (κ1) is 23.1. The summed E-state index contributed by atoms with van der Waals surface area (Å²) >= 11 is 6.13. The normalized spacial score (nSPS) is 14.5. The van der Waals surface area contributed by atoms with Crippen molar-refractivity contribution >= 4 is 44.7 Å². The van der Waals surface area contributed by atoms with E-state index in [9.17, 15) is 18.0 Å². The maximum absolute atomic E-state index is 12.9. The van der Waals surface area contributed by atoms with Crippen molar-refractivity contribution in [2.45, 2.75) is 13.8 Å². The summed E-state index contributed by atoms with van der Waals surface area (Å²) in [6, 6.07) is 12.0. The number of nitrogens with zero attached hydrogens (tertiary/aromatic N) is 3. The minimum absolute atomic E-state index is 0.172. The Labute approximate surface area is 188 Å². The minimum Gasteiger partial charge on any atom is -0.368 e. The van der Waals surface area contributed by atoms with Gasteiger partial charge in [0, 0.05) is 42.5 Å². The highest BCUT2D eigenvalue weighted by Crippen LogP contribution is 2.26. The van der Waals surface area contributed by atoms with Gasteiger partial charge in [0.2, 0.25) is 15.9 Å². The van der Waals surface area contributed by atoms with Gasteiger partial charge in [-0.1, -0.05) is 29.8 Å². The number of anilines is 2. The second-order valence-electron chi connectivity index (χ2n) is 7.67. The highest BCUT2D eigenvalue weighted by Gasteiger charge is 2.27. The number of rotatable bonds is 6. The summed E-state index contributed by atoms with van der Waals surface area (Å²) in [6.45, 7) is 5.35. The van der Waals surface area contributed by atoms with Crippen LogP contribution in [0.15, 0.2) is 42.5 Å². The Kier molecular flexibility index (Phi) is 6.91. The van der Waals surface area contributed by atoms with Gasteiger partial charge >= 0.3 is 0 Å². The lowest BCUT2D eigenvalue weighted by atomic mass is 10.1. The SMILES string of the molecule is CC(=O)c1cccc(N(CC(=O)N2CCN(c3cc(Cl)ccc3C)CC2)S(C)(=O)=O)c1. The van der Waals surface area contributed by atoms with Gasteiger partial charge in [-0.05, 0) is 43.7 Å². The molecule has 1 saturated heterocycles. The zero-order valence-corrected chi connectivity index (χ0v) is 19.4. The van der Waals surface area contributed by atoms with Gasteiger partial charge in [0.1, 0.15) is 6.54 Å². The molecular formula is C22H26ClN3O4S. The maximum Gasteiger partial charge on any atom is 0.243 e. The van der Waals surface area contributed by atoms with Gasteiger partial charge in [0.15, 0.2) is 5.78 Å². The quantitative estimate of drug-likeness (QED) is 0.615. The molecule has 1 heterocycles. The number of carbonyl (C=O) groups is 2.